The molecule has 45 heavy (non-hydrogen) atoms. The van der Waals surface area contributed by atoms with Crippen LogP contribution in [0.3, 0.4) is 0 Å². The van der Waals surface area contributed by atoms with Crippen LogP contribution in [0.5, 0.6) is 5.75 Å². The Labute approximate surface area is 281 Å². The molecule has 9 nitrogen and oxygen atoms in total. The lowest BCUT2D eigenvalue weighted by atomic mass is 10.1. The summed E-state index contributed by atoms with van der Waals surface area (Å²) in [6.07, 6.45) is 0. The Balaban J connectivity index is 1.47. The lowest BCUT2D eigenvalue weighted by molar-refractivity contribution is 0.00533. The highest BCUT2D eigenvalue weighted by molar-refractivity contribution is 7.87. The summed E-state index contributed by atoms with van der Waals surface area (Å²) in [5.74, 6) is -3.97. The third kappa shape index (κ3) is 6.14. The summed E-state index contributed by atoms with van der Waals surface area (Å²) in [6.45, 7) is 0.966. The van der Waals surface area contributed by atoms with Crippen LogP contribution in [0.1, 0.15) is 47.0 Å². The Morgan fingerprint density at radius 1 is 0.756 bits per heavy atom. The van der Waals surface area contributed by atoms with E-state index in [1.54, 1.807) is 25.1 Å². The molecule has 0 N–H and O–H groups in total. The molecule has 3 amide bonds. The fourth-order valence-corrected chi connectivity index (χ4v) is 6.53. The Morgan fingerprint density at radius 3 is 1.82 bits per heavy atom. The highest BCUT2D eigenvalue weighted by atomic mass is 35.5. The summed E-state index contributed by atoms with van der Waals surface area (Å²) in [4.78, 5) is 54.4. The molecule has 0 fully saturated rings. The molecule has 1 heterocycles. The number of Topliss-reactive ketones (excluding diaryl/α,β-unsaturated/α-hetero) is 1. The van der Waals surface area contributed by atoms with Crippen LogP contribution in [0.2, 0.25) is 25.1 Å². The molecular formula is C30H17Cl5N2O7S. The number of hydrogen-bond donors (Lipinski definition) is 0. The third-order valence-corrected chi connectivity index (χ3v) is 10.0. The van der Waals surface area contributed by atoms with E-state index in [1.165, 1.54) is 54.6 Å². The van der Waals surface area contributed by atoms with E-state index in [9.17, 15) is 27.6 Å². The van der Waals surface area contributed by atoms with Gasteiger partial charge in [-0.25, -0.2) is 5.01 Å². The van der Waals surface area contributed by atoms with Gasteiger partial charge in [-0.3, -0.25) is 19.2 Å². The molecule has 4 aromatic carbocycles. The van der Waals surface area contributed by atoms with E-state index < -0.39 is 51.3 Å². The second-order valence-corrected chi connectivity index (χ2v) is 13.0. The molecule has 0 radical (unpaired) electrons. The molecule has 1 aliphatic rings. The summed E-state index contributed by atoms with van der Waals surface area (Å²) in [5.41, 5.74) is -0.0740. The summed E-state index contributed by atoms with van der Waals surface area (Å²) < 4.78 is 30.5. The Kier molecular flexibility index (Phi) is 9.19. The number of fused-ring (bicyclic) bond motifs is 1. The van der Waals surface area contributed by atoms with Crippen molar-refractivity contribution in [3.8, 4) is 5.75 Å². The van der Waals surface area contributed by atoms with E-state index in [2.05, 4.69) is 0 Å². The normalized spacial score (nSPS) is 12.7. The summed E-state index contributed by atoms with van der Waals surface area (Å²) in [5, 5.41) is -0.285. The fraction of sp³-hybridized carbons (Fsp3) is 0.0667. The van der Waals surface area contributed by atoms with E-state index in [1.807, 2.05) is 0 Å². The van der Waals surface area contributed by atoms with Gasteiger partial charge in [0, 0.05) is 5.56 Å². The predicted molar refractivity (Wildman–Crippen MR) is 169 cm³/mol. The van der Waals surface area contributed by atoms with Gasteiger partial charge in [-0.2, -0.15) is 13.4 Å². The fourth-order valence-electron chi connectivity index (χ4n) is 4.37. The summed E-state index contributed by atoms with van der Waals surface area (Å²) in [6, 6.07) is 16.8. The van der Waals surface area contributed by atoms with Crippen molar-refractivity contribution < 1.29 is 31.8 Å². The van der Waals surface area contributed by atoms with Crippen LogP contribution < -0.4 is 4.18 Å². The van der Waals surface area contributed by atoms with Gasteiger partial charge in [0.05, 0.1) is 41.8 Å². The van der Waals surface area contributed by atoms with Crippen LogP contribution in [0, 0.1) is 6.92 Å². The summed E-state index contributed by atoms with van der Waals surface area (Å²) >= 11 is 31.0. The number of benzene rings is 4. The number of carbonyl (C=O) groups excluding carboxylic acids is 4. The van der Waals surface area contributed by atoms with Crippen LogP contribution in [0.15, 0.2) is 77.7 Å². The molecule has 0 unspecified atom stereocenters. The first-order chi connectivity index (χ1) is 21.2. The predicted octanol–water partition coefficient (Wildman–Crippen LogP) is 7.57. The number of aryl methyl sites for hydroxylation is 1. The minimum absolute atomic E-state index is 0.00851. The van der Waals surface area contributed by atoms with Crippen molar-refractivity contribution >= 4 is 91.6 Å². The monoisotopic (exact) mass is 724 g/mol. The molecule has 0 atom stereocenters. The minimum atomic E-state index is -4.16. The van der Waals surface area contributed by atoms with Gasteiger partial charge in [0.25, 0.3) is 17.7 Å². The first-order valence-electron chi connectivity index (χ1n) is 12.7. The van der Waals surface area contributed by atoms with Crippen molar-refractivity contribution in [1.82, 2.24) is 10.0 Å². The maximum atomic E-state index is 13.8. The quantitative estimate of drug-likeness (QED) is 0.0605. The third-order valence-electron chi connectivity index (χ3n) is 6.64. The lowest BCUT2D eigenvalue weighted by Gasteiger charge is -2.29. The molecule has 0 saturated carbocycles. The number of nitrogens with zero attached hydrogens (tertiary/aromatic N) is 2. The maximum Gasteiger partial charge on any atom is 0.339 e. The van der Waals surface area contributed by atoms with E-state index in [0.29, 0.717) is 10.0 Å². The average molecular weight is 727 g/mol. The van der Waals surface area contributed by atoms with Crippen LogP contribution in [-0.4, -0.2) is 48.5 Å². The largest absolute Gasteiger partial charge is 0.379 e. The van der Waals surface area contributed by atoms with E-state index in [0.717, 1.165) is 5.56 Å². The van der Waals surface area contributed by atoms with Crippen LogP contribution in [0.4, 0.5) is 0 Å². The van der Waals surface area contributed by atoms with Crippen molar-refractivity contribution in [2.24, 2.45) is 0 Å². The zero-order valence-electron chi connectivity index (χ0n) is 22.7. The van der Waals surface area contributed by atoms with E-state index in [-0.39, 0.29) is 46.9 Å². The molecular weight excluding hydrogens is 710 g/mol. The number of carbonyl (C=O) groups is 4. The van der Waals surface area contributed by atoms with Crippen molar-refractivity contribution in [3.63, 3.8) is 0 Å². The van der Waals surface area contributed by atoms with Gasteiger partial charge in [-0.1, -0.05) is 87.8 Å². The number of hydrogen-bond acceptors (Lipinski definition) is 7. The van der Waals surface area contributed by atoms with Gasteiger partial charge in [0.15, 0.2) is 5.78 Å². The molecule has 230 valence electrons. The van der Waals surface area contributed by atoms with Gasteiger partial charge in [0.2, 0.25) is 0 Å². The molecule has 0 aliphatic carbocycles. The topological polar surface area (TPSA) is 118 Å². The SMILES string of the molecule is Cc1ccc(S(=O)(=O)Oc2ccc(C(=O)CN(C(=O)c3ccccc3Cl)N3C(=O)c4c(Cl)c(Cl)c(Cl)c(Cl)c4C3=O)cc2)cc1. The molecule has 0 aromatic heterocycles. The van der Waals surface area contributed by atoms with Gasteiger partial charge in [-0.05, 0) is 55.5 Å². The van der Waals surface area contributed by atoms with Crippen molar-refractivity contribution in [1.29, 1.82) is 0 Å². The number of amides is 3. The highest BCUT2D eigenvalue weighted by Crippen LogP contribution is 2.45. The first-order valence-corrected chi connectivity index (χ1v) is 16.0. The smallest absolute Gasteiger partial charge is 0.339 e. The second kappa shape index (κ2) is 12.6. The van der Waals surface area contributed by atoms with Crippen molar-refractivity contribution in [2.45, 2.75) is 11.8 Å². The molecule has 4 aromatic rings. The van der Waals surface area contributed by atoms with Gasteiger partial charge < -0.3 is 4.18 Å². The van der Waals surface area contributed by atoms with Crippen molar-refractivity contribution in [3.05, 3.63) is 126 Å². The Morgan fingerprint density at radius 2 is 1.29 bits per heavy atom. The van der Waals surface area contributed by atoms with Crippen LogP contribution in [-0.2, 0) is 10.1 Å². The molecule has 1 aliphatic heterocycles. The summed E-state index contributed by atoms with van der Waals surface area (Å²) in [7, 11) is -4.16. The molecule has 0 spiro atoms. The van der Waals surface area contributed by atoms with E-state index >= 15 is 0 Å². The van der Waals surface area contributed by atoms with Crippen molar-refractivity contribution in [2.75, 3.05) is 6.54 Å². The molecule has 0 saturated heterocycles. The van der Waals surface area contributed by atoms with Gasteiger partial charge >= 0.3 is 10.1 Å². The second-order valence-electron chi connectivity index (χ2n) is 9.57. The Bertz CT molecular complexity index is 1970. The lowest BCUT2D eigenvalue weighted by Crippen LogP contribution is -2.51. The van der Waals surface area contributed by atoms with Crippen LogP contribution in [0.25, 0.3) is 0 Å². The zero-order valence-corrected chi connectivity index (χ0v) is 27.3. The number of hydrazine groups is 1. The number of ketones is 1. The highest BCUT2D eigenvalue weighted by Gasteiger charge is 2.46. The maximum absolute atomic E-state index is 13.8. The number of halogens is 5. The standard InChI is InChI=1S/C30H17Cl5N2O7S/c1-15-6-12-18(13-7-15)45(42,43)44-17-10-8-16(9-11-17)21(38)14-36(28(39)19-4-2-3-5-20(19)31)37-29(40)22-23(30(37)41)25(33)27(35)26(34)24(22)32/h2-13H,14H2,1H3. The van der Waals surface area contributed by atoms with Gasteiger partial charge in [0.1, 0.15) is 17.2 Å². The molecule has 0 bridgehead atoms. The van der Waals surface area contributed by atoms with Gasteiger partial charge in [-0.15, -0.1) is 0 Å². The minimum Gasteiger partial charge on any atom is -0.379 e. The first kappa shape index (κ1) is 32.7. The van der Waals surface area contributed by atoms with E-state index in [4.69, 9.17) is 62.2 Å². The van der Waals surface area contributed by atoms with Crippen LogP contribution >= 0.6 is 58.0 Å². The zero-order chi connectivity index (χ0) is 32.8. The number of rotatable bonds is 8. The molecule has 15 heteroatoms. The number of imide groups is 1. The average Bonchev–Trinajstić information content (AvgIpc) is 3.27. The Hall–Kier alpha value is -3.64. The molecule has 5 rings (SSSR count).